The molecule has 0 saturated heterocycles. The number of aryl methyl sites for hydroxylation is 1. The molecule has 0 spiro atoms. The van der Waals surface area contributed by atoms with Crippen molar-refractivity contribution in [2.75, 3.05) is 0 Å². The number of hydrogen-bond donors (Lipinski definition) is 1. The van der Waals surface area contributed by atoms with Crippen molar-refractivity contribution < 1.29 is 4.39 Å². The fourth-order valence-corrected chi connectivity index (χ4v) is 3.22. The smallest absolute Gasteiger partial charge is 0.149 e. The Labute approximate surface area is 128 Å². The van der Waals surface area contributed by atoms with Crippen LogP contribution in [0.4, 0.5) is 4.39 Å². The number of rotatable bonds is 4. The van der Waals surface area contributed by atoms with Gasteiger partial charge in [0.05, 0.1) is 6.04 Å². The highest BCUT2D eigenvalue weighted by Crippen LogP contribution is 2.26. The molecule has 0 aliphatic carbocycles. The summed E-state index contributed by atoms with van der Waals surface area (Å²) in [6.07, 6.45) is 2.13. The lowest BCUT2D eigenvalue weighted by molar-refractivity contribution is 0.459. The standard InChI is InChI=1S/C15H18ClFN4/c1-9(12-6-5-11(17)8-13(12)16)18-10(2)15-20-19-14-4-3-7-21(14)15/h5-6,8-10,18H,3-4,7H2,1-2H3. The lowest BCUT2D eigenvalue weighted by Gasteiger charge is -2.21. The van der Waals surface area contributed by atoms with E-state index in [1.54, 1.807) is 6.07 Å². The molecule has 0 radical (unpaired) electrons. The van der Waals surface area contributed by atoms with Gasteiger partial charge in [0.15, 0.2) is 0 Å². The van der Waals surface area contributed by atoms with Crippen LogP contribution in [0.1, 0.15) is 49.6 Å². The fourth-order valence-electron chi connectivity index (χ4n) is 2.89. The first kappa shape index (κ1) is 14.5. The van der Waals surface area contributed by atoms with Gasteiger partial charge in [-0.05, 0) is 38.0 Å². The zero-order valence-corrected chi connectivity index (χ0v) is 12.9. The average molecular weight is 309 g/mol. The molecule has 1 aromatic heterocycles. The molecular weight excluding hydrogens is 291 g/mol. The minimum atomic E-state index is -0.320. The highest BCUT2D eigenvalue weighted by atomic mass is 35.5. The van der Waals surface area contributed by atoms with Gasteiger partial charge in [0, 0.05) is 24.0 Å². The van der Waals surface area contributed by atoms with Crippen LogP contribution < -0.4 is 5.32 Å². The molecule has 0 amide bonds. The largest absolute Gasteiger partial charge is 0.314 e. The van der Waals surface area contributed by atoms with E-state index in [0.29, 0.717) is 5.02 Å². The van der Waals surface area contributed by atoms with E-state index in [1.807, 2.05) is 6.92 Å². The van der Waals surface area contributed by atoms with Crippen LogP contribution in [0.2, 0.25) is 5.02 Å². The van der Waals surface area contributed by atoms with Crippen LogP contribution in [0.3, 0.4) is 0 Å². The van der Waals surface area contributed by atoms with Gasteiger partial charge in [-0.3, -0.25) is 0 Å². The molecule has 2 heterocycles. The van der Waals surface area contributed by atoms with E-state index in [0.717, 1.165) is 36.6 Å². The molecule has 0 saturated carbocycles. The van der Waals surface area contributed by atoms with Gasteiger partial charge in [-0.2, -0.15) is 0 Å². The van der Waals surface area contributed by atoms with Crippen molar-refractivity contribution in [3.05, 3.63) is 46.3 Å². The van der Waals surface area contributed by atoms with E-state index in [4.69, 9.17) is 11.6 Å². The van der Waals surface area contributed by atoms with E-state index >= 15 is 0 Å². The number of aromatic nitrogens is 3. The zero-order valence-electron chi connectivity index (χ0n) is 12.1. The molecule has 1 aliphatic heterocycles. The number of nitrogens with one attached hydrogen (secondary N) is 1. The van der Waals surface area contributed by atoms with Crippen molar-refractivity contribution in [1.29, 1.82) is 0 Å². The van der Waals surface area contributed by atoms with Crippen LogP contribution in [0, 0.1) is 5.82 Å². The molecule has 0 bridgehead atoms. The minimum Gasteiger partial charge on any atom is -0.314 e. The molecular formula is C15H18ClFN4. The minimum absolute atomic E-state index is 0.00227. The summed E-state index contributed by atoms with van der Waals surface area (Å²) < 4.78 is 15.3. The zero-order chi connectivity index (χ0) is 15.0. The van der Waals surface area contributed by atoms with Crippen LogP contribution in [-0.4, -0.2) is 14.8 Å². The van der Waals surface area contributed by atoms with Crippen LogP contribution in [0.15, 0.2) is 18.2 Å². The third-order valence-electron chi connectivity index (χ3n) is 3.95. The van der Waals surface area contributed by atoms with Crippen LogP contribution in [-0.2, 0) is 13.0 Å². The Morgan fingerprint density at radius 1 is 1.29 bits per heavy atom. The quantitative estimate of drug-likeness (QED) is 0.941. The lowest BCUT2D eigenvalue weighted by atomic mass is 10.1. The topological polar surface area (TPSA) is 42.7 Å². The van der Waals surface area contributed by atoms with E-state index in [2.05, 4.69) is 27.0 Å². The molecule has 1 N–H and O–H groups in total. The maximum absolute atomic E-state index is 13.1. The Bertz CT molecular complexity index is 655. The molecule has 112 valence electrons. The number of benzene rings is 1. The predicted molar refractivity (Wildman–Crippen MR) is 79.7 cm³/mol. The summed E-state index contributed by atoms with van der Waals surface area (Å²) in [5.41, 5.74) is 0.881. The molecule has 3 rings (SSSR count). The number of hydrogen-bond acceptors (Lipinski definition) is 3. The van der Waals surface area contributed by atoms with Crippen molar-refractivity contribution in [3.8, 4) is 0 Å². The van der Waals surface area contributed by atoms with Crippen molar-refractivity contribution in [1.82, 2.24) is 20.1 Å². The summed E-state index contributed by atoms with van der Waals surface area (Å²) in [6.45, 7) is 5.05. The SMILES string of the molecule is CC(NC(C)c1nnc2n1CCC2)c1ccc(F)cc1Cl. The molecule has 1 aromatic carbocycles. The second-order valence-electron chi connectivity index (χ2n) is 5.51. The van der Waals surface area contributed by atoms with Gasteiger partial charge in [-0.15, -0.1) is 10.2 Å². The van der Waals surface area contributed by atoms with Crippen LogP contribution in [0.25, 0.3) is 0 Å². The highest BCUT2D eigenvalue weighted by molar-refractivity contribution is 6.31. The predicted octanol–water partition coefficient (Wildman–Crippen LogP) is 3.43. The number of fused-ring (bicyclic) bond motifs is 1. The number of nitrogens with zero attached hydrogens (tertiary/aromatic N) is 3. The highest BCUT2D eigenvalue weighted by Gasteiger charge is 2.23. The fraction of sp³-hybridized carbons (Fsp3) is 0.467. The molecule has 0 fully saturated rings. The average Bonchev–Trinajstić information content (AvgIpc) is 3.00. The second kappa shape index (κ2) is 5.73. The molecule has 6 heteroatoms. The van der Waals surface area contributed by atoms with Crippen molar-refractivity contribution in [2.45, 2.75) is 45.3 Å². The van der Waals surface area contributed by atoms with Crippen LogP contribution >= 0.6 is 11.6 Å². The normalized spacial score (nSPS) is 16.8. The molecule has 2 atom stereocenters. The first-order valence-electron chi connectivity index (χ1n) is 7.19. The Morgan fingerprint density at radius 2 is 2.10 bits per heavy atom. The lowest BCUT2D eigenvalue weighted by Crippen LogP contribution is -2.25. The van der Waals surface area contributed by atoms with Crippen molar-refractivity contribution in [2.24, 2.45) is 0 Å². The van der Waals surface area contributed by atoms with Gasteiger partial charge in [-0.1, -0.05) is 17.7 Å². The summed E-state index contributed by atoms with van der Waals surface area (Å²) in [5.74, 6) is 1.69. The molecule has 2 unspecified atom stereocenters. The Hall–Kier alpha value is -1.46. The van der Waals surface area contributed by atoms with E-state index in [9.17, 15) is 4.39 Å². The van der Waals surface area contributed by atoms with Crippen molar-refractivity contribution >= 4 is 11.6 Å². The van der Waals surface area contributed by atoms with Gasteiger partial charge in [0.2, 0.25) is 0 Å². The Morgan fingerprint density at radius 3 is 2.86 bits per heavy atom. The maximum Gasteiger partial charge on any atom is 0.149 e. The number of halogens is 2. The maximum atomic E-state index is 13.1. The van der Waals surface area contributed by atoms with Gasteiger partial charge < -0.3 is 9.88 Å². The van der Waals surface area contributed by atoms with Gasteiger partial charge in [-0.25, -0.2) is 4.39 Å². The first-order valence-corrected chi connectivity index (χ1v) is 7.57. The molecule has 4 nitrogen and oxygen atoms in total. The van der Waals surface area contributed by atoms with Gasteiger partial charge >= 0.3 is 0 Å². The van der Waals surface area contributed by atoms with E-state index in [-0.39, 0.29) is 17.9 Å². The van der Waals surface area contributed by atoms with Gasteiger partial charge in [0.1, 0.15) is 17.5 Å². The summed E-state index contributed by atoms with van der Waals surface area (Å²) in [4.78, 5) is 0. The Balaban J connectivity index is 1.76. The van der Waals surface area contributed by atoms with E-state index < -0.39 is 0 Å². The Kier molecular flexibility index (Phi) is 3.95. The van der Waals surface area contributed by atoms with Gasteiger partial charge in [0.25, 0.3) is 0 Å². The van der Waals surface area contributed by atoms with Crippen LogP contribution in [0.5, 0.6) is 0 Å². The third kappa shape index (κ3) is 2.80. The summed E-state index contributed by atoms with van der Waals surface area (Å²) in [5, 5.41) is 12.4. The monoisotopic (exact) mass is 308 g/mol. The summed E-state index contributed by atoms with van der Waals surface area (Å²) in [6, 6.07) is 4.55. The summed E-state index contributed by atoms with van der Waals surface area (Å²) >= 11 is 6.11. The molecule has 21 heavy (non-hydrogen) atoms. The first-order chi connectivity index (χ1) is 10.1. The molecule has 1 aliphatic rings. The van der Waals surface area contributed by atoms with Crippen molar-refractivity contribution in [3.63, 3.8) is 0 Å². The molecule has 2 aromatic rings. The van der Waals surface area contributed by atoms with E-state index in [1.165, 1.54) is 12.1 Å². The second-order valence-corrected chi connectivity index (χ2v) is 5.91. The third-order valence-corrected chi connectivity index (χ3v) is 4.28. The summed E-state index contributed by atoms with van der Waals surface area (Å²) in [7, 11) is 0.